The fourth-order valence-electron chi connectivity index (χ4n) is 1.08. The van der Waals surface area contributed by atoms with Crippen LogP contribution in [-0.4, -0.2) is 10.1 Å². The van der Waals surface area contributed by atoms with Crippen LogP contribution in [0.5, 0.6) is 0 Å². The topological polar surface area (TPSA) is 59.1 Å². The Labute approximate surface area is 93.5 Å². The van der Waals surface area contributed by atoms with E-state index in [0.717, 1.165) is 0 Å². The third-order valence-corrected chi connectivity index (χ3v) is 3.06. The molecule has 0 aliphatic carbocycles. The Kier molecular flexibility index (Phi) is 4.14. The van der Waals surface area contributed by atoms with Crippen LogP contribution in [0.25, 0.3) is 0 Å². The fourth-order valence-corrected chi connectivity index (χ4v) is 1.93. The first-order valence-corrected chi connectivity index (χ1v) is 4.94. The average Bonchev–Trinajstić information content (AvgIpc) is 2.16. The third-order valence-electron chi connectivity index (χ3n) is 1.79. The molecule has 3 nitrogen and oxygen atoms in total. The van der Waals surface area contributed by atoms with Crippen molar-refractivity contribution in [2.75, 3.05) is 0 Å². The minimum Gasteiger partial charge on any atom is -0.392 e. The highest BCUT2D eigenvalue weighted by atomic mass is 127. The highest BCUT2D eigenvalue weighted by Gasteiger charge is 2.19. The maximum atomic E-state index is 12.6. The maximum Gasteiger partial charge on any atom is 0.266 e. The van der Waals surface area contributed by atoms with E-state index in [0.29, 0.717) is 9.13 Å². The van der Waals surface area contributed by atoms with Crippen LogP contribution < -0.4 is 5.73 Å². The first-order chi connectivity index (χ1) is 6.61. The van der Waals surface area contributed by atoms with E-state index in [4.69, 9.17) is 10.8 Å². The summed E-state index contributed by atoms with van der Waals surface area (Å²) in [5.74, 6) is 0. The Morgan fingerprint density at radius 1 is 1.57 bits per heavy atom. The highest BCUT2D eigenvalue weighted by Crippen LogP contribution is 2.28. The first-order valence-electron chi connectivity index (χ1n) is 3.87. The van der Waals surface area contributed by atoms with Gasteiger partial charge in [-0.2, -0.15) is 0 Å². The van der Waals surface area contributed by atoms with Gasteiger partial charge in [-0.05, 0) is 22.6 Å². The number of aliphatic hydroxyl groups excluding tert-OH is 1. The second-order valence-corrected chi connectivity index (χ2v) is 3.70. The highest BCUT2D eigenvalue weighted by molar-refractivity contribution is 14.1. The van der Waals surface area contributed by atoms with Gasteiger partial charge >= 0.3 is 0 Å². The summed E-state index contributed by atoms with van der Waals surface area (Å²) >= 11 is 1.77. The number of hydrogen-bond acceptors (Lipinski definition) is 3. The standard InChI is InChI=1S/C8H9F2IN2O/c9-8(10)6-5(1-12)13-2-4(3-14)7(6)11/h2,8,14H,1,3,12H2. The molecule has 14 heavy (non-hydrogen) atoms. The van der Waals surface area contributed by atoms with Crippen molar-refractivity contribution in [3.8, 4) is 0 Å². The molecule has 3 N–H and O–H groups in total. The summed E-state index contributed by atoms with van der Waals surface area (Å²) in [7, 11) is 0. The van der Waals surface area contributed by atoms with Crippen LogP contribution >= 0.6 is 22.6 Å². The molecule has 0 spiro atoms. The molecule has 0 radical (unpaired) electrons. The molecule has 1 aromatic rings. The van der Waals surface area contributed by atoms with E-state index in [-0.39, 0.29) is 24.4 Å². The largest absolute Gasteiger partial charge is 0.392 e. The third kappa shape index (κ3) is 2.18. The number of nitrogens with two attached hydrogens (primary N) is 1. The molecule has 6 heteroatoms. The average molecular weight is 314 g/mol. The number of rotatable bonds is 3. The minimum absolute atomic E-state index is 0.0264. The Bertz CT molecular complexity index is 333. The van der Waals surface area contributed by atoms with Gasteiger partial charge in [0, 0.05) is 21.9 Å². The first kappa shape index (κ1) is 11.7. The van der Waals surface area contributed by atoms with E-state index < -0.39 is 6.43 Å². The monoisotopic (exact) mass is 314 g/mol. The summed E-state index contributed by atoms with van der Waals surface area (Å²) in [6, 6.07) is 0. The zero-order chi connectivity index (χ0) is 10.7. The Morgan fingerprint density at radius 2 is 2.21 bits per heavy atom. The lowest BCUT2D eigenvalue weighted by Crippen LogP contribution is -2.09. The van der Waals surface area contributed by atoms with Crippen LogP contribution in [0.2, 0.25) is 0 Å². The zero-order valence-corrected chi connectivity index (χ0v) is 9.33. The maximum absolute atomic E-state index is 12.6. The lowest BCUT2D eigenvalue weighted by Gasteiger charge is -2.11. The van der Waals surface area contributed by atoms with Crippen LogP contribution in [0.4, 0.5) is 8.78 Å². The quantitative estimate of drug-likeness (QED) is 0.833. The molecule has 1 rings (SSSR count). The summed E-state index contributed by atoms with van der Waals surface area (Å²) in [4.78, 5) is 3.78. The lowest BCUT2D eigenvalue weighted by molar-refractivity contribution is 0.148. The number of hydrogen-bond donors (Lipinski definition) is 2. The number of pyridine rings is 1. The van der Waals surface area contributed by atoms with Gasteiger partial charge < -0.3 is 10.8 Å². The molecule has 0 aliphatic heterocycles. The molecule has 0 fully saturated rings. The molecule has 0 atom stereocenters. The van der Waals surface area contributed by atoms with Crippen molar-refractivity contribution in [1.82, 2.24) is 4.98 Å². The van der Waals surface area contributed by atoms with Crippen LogP contribution in [0.3, 0.4) is 0 Å². The molecule has 0 aliphatic rings. The van der Waals surface area contributed by atoms with Gasteiger partial charge in [-0.3, -0.25) is 4.98 Å². The second kappa shape index (κ2) is 4.94. The van der Waals surface area contributed by atoms with Crippen molar-refractivity contribution in [3.63, 3.8) is 0 Å². The van der Waals surface area contributed by atoms with Crippen molar-refractivity contribution >= 4 is 22.6 Å². The predicted molar refractivity (Wildman–Crippen MR) is 55.7 cm³/mol. The van der Waals surface area contributed by atoms with Gasteiger partial charge in [0.1, 0.15) is 0 Å². The van der Waals surface area contributed by atoms with E-state index in [2.05, 4.69) is 4.98 Å². The van der Waals surface area contributed by atoms with E-state index in [1.807, 2.05) is 0 Å². The van der Waals surface area contributed by atoms with Crippen LogP contribution in [0.1, 0.15) is 23.2 Å². The number of nitrogens with zero attached hydrogens (tertiary/aromatic N) is 1. The Balaban J connectivity index is 3.31. The molecule has 0 bridgehead atoms. The summed E-state index contributed by atoms with van der Waals surface area (Å²) in [6.45, 7) is -0.322. The number of aromatic nitrogens is 1. The molecule has 0 amide bonds. The van der Waals surface area contributed by atoms with E-state index in [1.165, 1.54) is 6.20 Å². The normalized spacial score (nSPS) is 11.0. The second-order valence-electron chi connectivity index (χ2n) is 2.62. The van der Waals surface area contributed by atoms with Gasteiger partial charge in [0.05, 0.1) is 17.9 Å². The number of halogens is 3. The summed E-state index contributed by atoms with van der Waals surface area (Å²) in [5, 5.41) is 8.87. The Morgan fingerprint density at radius 3 is 2.64 bits per heavy atom. The SMILES string of the molecule is NCc1ncc(CO)c(I)c1C(F)F. The van der Waals surface area contributed by atoms with Gasteiger partial charge in [-0.1, -0.05) is 0 Å². The Hall–Kier alpha value is -0.340. The predicted octanol–water partition coefficient (Wildman–Crippen LogP) is 1.57. The molecule has 0 unspecified atom stereocenters. The van der Waals surface area contributed by atoms with E-state index in [9.17, 15) is 8.78 Å². The molecule has 78 valence electrons. The number of alkyl halides is 2. The minimum atomic E-state index is -2.61. The van der Waals surface area contributed by atoms with Crippen LogP contribution in [-0.2, 0) is 13.2 Å². The molecule has 0 aromatic carbocycles. The molecule has 0 saturated heterocycles. The molecular weight excluding hydrogens is 305 g/mol. The fraction of sp³-hybridized carbons (Fsp3) is 0.375. The van der Waals surface area contributed by atoms with Crippen molar-refractivity contribution in [1.29, 1.82) is 0 Å². The molecule has 1 aromatic heterocycles. The summed E-state index contributed by atoms with van der Waals surface area (Å²) in [6.07, 6.45) is -1.24. The van der Waals surface area contributed by atoms with Gasteiger partial charge in [0.15, 0.2) is 0 Å². The van der Waals surface area contributed by atoms with Gasteiger partial charge in [0.25, 0.3) is 6.43 Å². The summed E-state index contributed by atoms with van der Waals surface area (Å²) in [5.41, 5.74) is 5.70. The molecule has 1 heterocycles. The number of aliphatic hydroxyl groups is 1. The molecule has 0 saturated carbocycles. The smallest absolute Gasteiger partial charge is 0.266 e. The van der Waals surface area contributed by atoms with Crippen LogP contribution in [0.15, 0.2) is 6.20 Å². The summed E-state index contributed by atoms with van der Waals surface area (Å²) < 4.78 is 25.6. The van der Waals surface area contributed by atoms with Gasteiger partial charge in [0.2, 0.25) is 0 Å². The van der Waals surface area contributed by atoms with Crippen molar-refractivity contribution in [3.05, 3.63) is 26.6 Å². The van der Waals surface area contributed by atoms with E-state index >= 15 is 0 Å². The van der Waals surface area contributed by atoms with Gasteiger partial charge in [-0.15, -0.1) is 0 Å². The van der Waals surface area contributed by atoms with Crippen molar-refractivity contribution in [2.24, 2.45) is 5.73 Å². The van der Waals surface area contributed by atoms with Gasteiger partial charge in [-0.25, -0.2) is 8.78 Å². The van der Waals surface area contributed by atoms with E-state index in [1.54, 1.807) is 22.6 Å². The van der Waals surface area contributed by atoms with Crippen molar-refractivity contribution in [2.45, 2.75) is 19.6 Å². The van der Waals surface area contributed by atoms with Crippen LogP contribution in [0, 0.1) is 3.57 Å². The van der Waals surface area contributed by atoms with Crippen molar-refractivity contribution < 1.29 is 13.9 Å². The lowest BCUT2D eigenvalue weighted by atomic mass is 10.1. The molecular formula is C8H9F2IN2O. The zero-order valence-electron chi connectivity index (χ0n) is 7.17.